The van der Waals surface area contributed by atoms with Gasteiger partial charge in [0.2, 0.25) is 0 Å². The SMILES string of the molecule is Fc1ccc(N2CCN(c3ccc(Nc4ncnc5ccccc45)cc3)CC2)cc1. The van der Waals surface area contributed by atoms with Gasteiger partial charge in [-0.1, -0.05) is 12.1 Å². The Hall–Kier alpha value is -3.67. The molecular formula is C24H22FN5. The van der Waals surface area contributed by atoms with E-state index in [1.165, 1.54) is 17.8 Å². The van der Waals surface area contributed by atoms with E-state index in [4.69, 9.17) is 0 Å². The Balaban J connectivity index is 1.25. The number of aromatic nitrogens is 2. The van der Waals surface area contributed by atoms with E-state index in [9.17, 15) is 4.39 Å². The highest BCUT2D eigenvalue weighted by molar-refractivity contribution is 5.90. The highest BCUT2D eigenvalue weighted by Crippen LogP contribution is 2.26. The highest BCUT2D eigenvalue weighted by Gasteiger charge is 2.17. The van der Waals surface area contributed by atoms with Crippen molar-refractivity contribution in [2.45, 2.75) is 0 Å². The molecule has 0 atom stereocenters. The Morgan fingerprint density at radius 2 is 1.30 bits per heavy atom. The van der Waals surface area contributed by atoms with Crippen molar-refractivity contribution in [3.63, 3.8) is 0 Å². The molecule has 0 amide bonds. The molecular weight excluding hydrogens is 377 g/mol. The van der Waals surface area contributed by atoms with Gasteiger partial charge in [-0.3, -0.25) is 0 Å². The molecule has 1 aromatic heterocycles. The van der Waals surface area contributed by atoms with Gasteiger partial charge in [-0.2, -0.15) is 0 Å². The second kappa shape index (κ2) is 7.99. The fourth-order valence-electron chi connectivity index (χ4n) is 3.87. The summed E-state index contributed by atoms with van der Waals surface area (Å²) in [5.41, 5.74) is 4.19. The average molecular weight is 399 g/mol. The lowest BCUT2D eigenvalue weighted by atomic mass is 10.2. The van der Waals surface area contributed by atoms with E-state index in [2.05, 4.69) is 49.4 Å². The van der Waals surface area contributed by atoms with E-state index in [0.29, 0.717) is 0 Å². The van der Waals surface area contributed by atoms with Crippen molar-refractivity contribution >= 4 is 33.8 Å². The predicted octanol–water partition coefficient (Wildman–Crippen LogP) is 4.84. The minimum atomic E-state index is -0.193. The smallest absolute Gasteiger partial charge is 0.141 e. The molecule has 0 unspecified atom stereocenters. The Morgan fingerprint density at radius 1 is 0.700 bits per heavy atom. The van der Waals surface area contributed by atoms with Gasteiger partial charge in [-0.25, -0.2) is 14.4 Å². The van der Waals surface area contributed by atoms with Gasteiger partial charge in [0.05, 0.1) is 5.52 Å². The number of anilines is 4. The molecule has 6 heteroatoms. The molecule has 1 saturated heterocycles. The first-order chi connectivity index (χ1) is 14.8. The molecule has 0 bridgehead atoms. The van der Waals surface area contributed by atoms with Crippen molar-refractivity contribution in [1.82, 2.24) is 9.97 Å². The molecule has 4 aromatic rings. The molecule has 3 aromatic carbocycles. The number of nitrogens with zero attached hydrogens (tertiary/aromatic N) is 4. The Morgan fingerprint density at radius 3 is 1.97 bits per heavy atom. The molecule has 1 N–H and O–H groups in total. The molecule has 0 saturated carbocycles. The Bertz CT molecular complexity index is 1130. The number of para-hydroxylation sites is 1. The van der Waals surface area contributed by atoms with Gasteiger partial charge in [-0.15, -0.1) is 0 Å². The van der Waals surface area contributed by atoms with Crippen LogP contribution in [0.15, 0.2) is 79.1 Å². The van der Waals surface area contributed by atoms with Gasteiger partial charge < -0.3 is 15.1 Å². The van der Waals surface area contributed by atoms with Crippen molar-refractivity contribution in [3.05, 3.63) is 84.9 Å². The third-order valence-electron chi connectivity index (χ3n) is 5.51. The standard InChI is InChI=1S/C24H22FN5/c25-18-5-9-20(10-6-18)29-13-15-30(16-14-29)21-11-7-19(8-12-21)28-24-22-3-1-2-4-23(22)26-17-27-24/h1-12,17H,13-16H2,(H,26,27,28). The summed E-state index contributed by atoms with van der Waals surface area (Å²) in [4.78, 5) is 13.4. The third kappa shape index (κ3) is 3.76. The summed E-state index contributed by atoms with van der Waals surface area (Å²) in [5, 5.41) is 4.40. The minimum absolute atomic E-state index is 0.193. The third-order valence-corrected chi connectivity index (χ3v) is 5.51. The summed E-state index contributed by atoms with van der Waals surface area (Å²) in [6, 6.07) is 23.2. The van der Waals surface area contributed by atoms with Crippen LogP contribution >= 0.6 is 0 Å². The van der Waals surface area contributed by atoms with E-state index in [1.54, 1.807) is 6.33 Å². The maximum atomic E-state index is 13.1. The van der Waals surface area contributed by atoms with Gasteiger partial charge >= 0.3 is 0 Å². The molecule has 150 valence electrons. The topological polar surface area (TPSA) is 44.3 Å². The second-order valence-electron chi connectivity index (χ2n) is 7.36. The quantitative estimate of drug-likeness (QED) is 0.532. The molecule has 0 radical (unpaired) electrons. The van der Waals surface area contributed by atoms with Gasteiger partial charge in [0, 0.05) is 48.6 Å². The fourth-order valence-corrected chi connectivity index (χ4v) is 3.87. The van der Waals surface area contributed by atoms with Crippen LogP contribution in [0.2, 0.25) is 0 Å². The van der Waals surface area contributed by atoms with Crippen LogP contribution < -0.4 is 15.1 Å². The first-order valence-electron chi connectivity index (χ1n) is 10.1. The van der Waals surface area contributed by atoms with Crippen molar-refractivity contribution < 1.29 is 4.39 Å². The lowest BCUT2D eigenvalue weighted by Crippen LogP contribution is -2.46. The molecule has 5 nitrogen and oxygen atoms in total. The van der Waals surface area contributed by atoms with Crippen molar-refractivity contribution in [3.8, 4) is 0 Å². The summed E-state index contributed by atoms with van der Waals surface area (Å²) in [6.07, 6.45) is 1.58. The summed E-state index contributed by atoms with van der Waals surface area (Å²) >= 11 is 0. The molecule has 1 aliphatic heterocycles. The number of hydrogen-bond donors (Lipinski definition) is 1. The summed E-state index contributed by atoms with van der Waals surface area (Å²) in [6.45, 7) is 3.69. The van der Waals surface area contributed by atoms with Crippen LogP contribution in [0.5, 0.6) is 0 Å². The first-order valence-corrected chi connectivity index (χ1v) is 10.1. The number of nitrogens with one attached hydrogen (secondary N) is 1. The molecule has 0 aliphatic carbocycles. The highest BCUT2D eigenvalue weighted by atomic mass is 19.1. The number of benzene rings is 3. The van der Waals surface area contributed by atoms with Crippen LogP contribution in [0.25, 0.3) is 10.9 Å². The number of piperazine rings is 1. The van der Waals surface area contributed by atoms with Crippen LogP contribution in [0, 0.1) is 5.82 Å². The monoisotopic (exact) mass is 399 g/mol. The maximum absolute atomic E-state index is 13.1. The van der Waals surface area contributed by atoms with E-state index in [0.717, 1.165) is 54.3 Å². The van der Waals surface area contributed by atoms with Crippen molar-refractivity contribution in [1.29, 1.82) is 0 Å². The maximum Gasteiger partial charge on any atom is 0.141 e. The fraction of sp³-hybridized carbons (Fsp3) is 0.167. The molecule has 0 spiro atoms. The normalized spacial score (nSPS) is 14.2. The van der Waals surface area contributed by atoms with Crippen LogP contribution in [-0.2, 0) is 0 Å². The molecule has 30 heavy (non-hydrogen) atoms. The number of fused-ring (bicyclic) bond motifs is 1. The minimum Gasteiger partial charge on any atom is -0.368 e. The van der Waals surface area contributed by atoms with E-state index < -0.39 is 0 Å². The molecule has 2 heterocycles. The summed E-state index contributed by atoms with van der Waals surface area (Å²) < 4.78 is 13.1. The summed E-state index contributed by atoms with van der Waals surface area (Å²) in [5.74, 6) is 0.613. The van der Waals surface area contributed by atoms with Crippen molar-refractivity contribution in [2.75, 3.05) is 41.3 Å². The van der Waals surface area contributed by atoms with E-state index in [-0.39, 0.29) is 5.82 Å². The van der Waals surface area contributed by atoms with Gasteiger partial charge in [0.1, 0.15) is 18.0 Å². The number of rotatable bonds is 4. The van der Waals surface area contributed by atoms with E-state index in [1.807, 2.05) is 36.4 Å². The van der Waals surface area contributed by atoms with Crippen LogP contribution in [-0.4, -0.2) is 36.1 Å². The lowest BCUT2D eigenvalue weighted by molar-refractivity contribution is 0.625. The zero-order valence-corrected chi connectivity index (χ0v) is 16.5. The number of hydrogen-bond acceptors (Lipinski definition) is 5. The van der Waals surface area contributed by atoms with Gasteiger partial charge in [0.15, 0.2) is 0 Å². The van der Waals surface area contributed by atoms with Crippen molar-refractivity contribution in [2.24, 2.45) is 0 Å². The summed E-state index contributed by atoms with van der Waals surface area (Å²) in [7, 11) is 0. The number of halogens is 1. The largest absolute Gasteiger partial charge is 0.368 e. The lowest BCUT2D eigenvalue weighted by Gasteiger charge is -2.37. The zero-order valence-electron chi connectivity index (χ0n) is 16.5. The second-order valence-corrected chi connectivity index (χ2v) is 7.36. The Labute approximate surface area is 174 Å². The predicted molar refractivity (Wildman–Crippen MR) is 120 cm³/mol. The zero-order chi connectivity index (χ0) is 20.3. The van der Waals surface area contributed by atoms with E-state index >= 15 is 0 Å². The average Bonchev–Trinajstić information content (AvgIpc) is 2.81. The van der Waals surface area contributed by atoms with Crippen LogP contribution in [0.3, 0.4) is 0 Å². The first kappa shape index (κ1) is 18.4. The molecule has 1 fully saturated rings. The van der Waals surface area contributed by atoms with Crippen LogP contribution in [0.4, 0.5) is 27.3 Å². The Kier molecular flexibility index (Phi) is 4.89. The van der Waals surface area contributed by atoms with Gasteiger partial charge in [-0.05, 0) is 60.7 Å². The van der Waals surface area contributed by atoms with Crippen LogP contribution in [0.1, 0.15) is 0 Å². The molecule has 5 rings (SSSR count). The molecule has 1 aliphatic rings. The van der Waals surface area contributed by atoms with Gasteiger partial charge in [0.25, 0.3) is 0 Å².